The van der Waals surface area contributed by atoms with Gasteiger partial charge in [0.05, 0.1) is 10.6 Å². The molecule has 0 radical (unpaired) electrons. The Morgan fingerprint density at radius 1 is 1.00 bits per heavy atom. The normalized spacial score (nSPS) is 14.5. The molecule has 0 saturated carbocycles. The minimum atomic E-state index is -4.22. The predicted octanol–water partition coefficient (Wildman–Crippen LogP) is 5.00. The van der Waals surface area contributed by atoms with Gasteiger partial charge in [0.15, 0.2) is 5.76 Å². The maximum absolute atomic E-state index is 14.0. The Morgan fingerprint density at radius 3 is 2.43 bits per heavy atom. The molecule has 0 aromatic heterocycles. The van der Waals surface area contributed by atoms with Gasteiger partial charge < -0.3 is 8.92 Å². The summed E-state index contributed by atoms with van der Waals surface area (Å²) in [5, 5.41) is 0.101. The average molecular weight is 449 g/mol. The molecule has 0 bridgehead atoms. The predicted molar refractivity (Wildman–Crippen MR) is 105 cm³/mol. The van der Waals surface area contributed by atoms with E-state index in [1.54, 1.807) is 0 Å². The summed E-state index contributed by atoms with van der Waals surface area (Å²) >= 11 is 5.97. The van der Waals surface area contributed by atoms with Gasteiger partial charge >= 0.3 is 10.1 Å². The van der Waals surface area contributed by atoms with Crippen molar-refractivity contribution in [3.05, 3.63) is 94.2 Å². The molecule has 1 aliphatic rings. The van der Waals surface area contributed by atoms with Gasteiger partial charge in [-0.05, 0) is 54.6 Å². The summed E-state index contributed by atoms with van der Waals surface area (Å²) in [6, 6.07) is 12.0. The van der Waals surface area contributed by atoms with E-state index in [4.69, 9.17) is 20.5 Å². The first kappa shape index (κ1) is 20.1. The molecule has 0 atom stereocenters. The van der Waals surface area contributed by atoms with Crippen LogP contribution in [0.2, 0.25) is 5.02 Å². The zero-order chi connectivity index (χ0) is 21.5. The van der Waals surface area contributed by atoms with Gasteiger partial charge in [-0.25, -0.2) is 8.78 Å². The van der Waals surface area contributed by atoms with E-state index in [2.05, 4.69) is 0 Å². The number of fused-ring (bicyclic) bond motifs is 1. The van der Waals surface area contributed by atoms with Gasteiger partial charge in [-0.15, -0.1) is 0 Å². The van der Waals surface area contributed by atoms with Crippen molar-refractivity contribution < 1.29 is 30.9 Å². The minimum absolute atomic E-state index is 0.00863. The first-order valence-electron chi connectivity index (χ1n) is 8.47. The van der Waals surface area contributed by atoms with Crippen LogP contribution in [-0.2, 0) is 10.1 Å². The van der Waals surface area contributed by atoms with E-state index < -0.39 is 27.5 Å². The van der Waals surface area contributed by atoms with Crippen molar-refractivity contribution in [2.45, 2.75) is 4.90 Å². The Bertz CT molecular complexity index is 1280. The molecule has 1 heterocycles. The minimum Gasteiger partial charge on any atom is -0.452 e. The summed E-state index contributed by atoms with van der Waals surface area (Å²) < 4.78 is 62.2. The largest absolute Gasteiger partial charge is 0.452 e. The zero-order valence-corrected chi connectivity index (χ0v) is 16.5. The lowest BCUT2D eigenvalue weighted by atomic mass is 10.1. The van der Waals surface area contributed by atoms with E-state index in [9.17, 15) is 22.0 Å². The van der Waals surface area contributed by atoms with Crippen molar-refractivity contribution in [1.82, 2.24) is 0 Å². The maximum Gasteiger partial charge on any atom is 0.339 e. The number of carbonyl (C=O) groups is 1. The van der Waals surface area contributed by atoms with Gasteiger partial charge in [-0.2, -0.15) is 8.42 Å². The summed E-state index contributed by atoms with van der Waals surface area (Å²) in [4.78, 5) is 12.3. The van der Waals surface area contributed by atoms with Crippen LogP contribution in [0.15, 0.2) is 71.3 Å². The highest BCUT2D eigenvalue weighted by Crippen LogP contribution is 2.36. The summed E-state index contributed by atoms with van der Waals surface area (Å²) in [6.45, 7) is 0. The molecule has 5 nitrogen and oxygen atoms in total. The SMILES string of the molecule is O=C1/C(=C/c2c(F)cccc2Cl)Oc2cc(OS(=O)(=O)c3ccc(F)cc3)ccc21. The number of hydrogen-bond donors (Lipinski definition) is 0. The Labute approximate surface area is 175 Å². The van der Waals surface area contributed by atoms with Crippen molar-refractivity contribution in [2.75, 3.05) is 0 Å². The monoisotopic (exact) mass is 448 g/mol. The van der Waals surface area contributed by atoms with Gasteiger partial charge in [0.2, 0.25) is 5.78 Å². The number of hydrogen-bond acceptors (Lipinski definition) is 5. The van der Waals surface area contributed by atoms with Gasteiger partial charge in [-0.1, -0.05) is 17.7 Å². The molecule has 0 saturated heterocycles. The molecule has 4 rings (SSSR count). The summed E-state index contributed by atoms with van der Waals surface area (Å²) in [7, 11) is -4.22. The van der Waals surface area contributed by atoms with Crippen molar-refractivity contribution in [3.63, 3.8) is 0 Å². The second kappa shape index (κ2) is 7.55. The Kier molecular flexibility index (Phi) is 5.05. The van der Waals surface area contributed by atoms with E-state index >= 15 is 0 Å². The van der Waals surface area contributed by atoms with Crippen LogP contribution in [0.4, 0.5) is 8.78 Å². The smallest absolute Gasteiger partial charge is 0.339 e. The third kappa shape index (κ3) is 3.79. The number of carbonyl (C=O) groups excluding carboxylic acids is 1. The molecular weight excluding hydrogens is 438 g/mol. The van der Waals surface area contributed by atoms with Crippen LogP contribution in [0.1, 0.15) is 15.9 Å². The Morgan fingerprint density at radius 2 is 1.73 bits per heavy atom. The first-order valence-corrected chi connectivity index (χ1v) is 10.3. The summed E-state index contributed by atoms with van der Waals surface area (Å²) in [5.74, 6) is -1.97. The highest BCUT2D eigenvalue weighted by molar-refractivity contribution is 7.87. The summed E-state index contributed by atoms with van der Waals surface area (Å²) in [5.41, 5.74) is 0.144. The Hall–Kier alpha value is -3.23. The van der Waals surface area contributed by atoms with Gasteiger partial charge in [0, 0.05) is 11.6 Å². The number of ketones is 1. The number of halogens is 3. The fourth-order valence-electron chi connectivity index (χ4n) is 2.77. The second-order valence-corrected chi connectivity index (χ2v) is 8.18. The van der Waals surface area contributed by atoms with Crippen LogP contribution in [0.3, 0.4) is 0 Å². The van der Waals surface area contributed by atoms with Crippen LogP contribution in [0.25, 0.3) is 6.08 Å². The highest BCUT2D eigenvalue weighted by Gasteiger charge is 2.29. The van der Waals surface area contributed by atoms with E-state index in [1.807, 2.05) is 0 Å². The van der Waals surface area contributed by atoms with Crippen molar-refractivity contribution in [2.24, 2.45) is 0 Å². The molecule has 3 aromatic rings. The van der Waals surface area contributed by atoms with Gasteiger partial charge in [0.1, 0.15) is 28.0 Å². The molecule has 3 aromatic carbocycles. The average Bonchev–Trinajstić information content (AvgIpc) is 3.00. The van der Waals surface area contributed by atoms with Crippen LogP contribution < -0.4 is 8.92 Å². The fraction of sp³-hybridized carbons (Fsp3) is 0. The lowest BCUT2D eigenvalue weighted by molar-refractivity contribution is 0.101. The number of allylic oxidation sites excluding steroid dienone is 1. The van der Waals surface area contributed by atoms with Crippen LogP contribution in [-0.4, -0.2) is 14.2 Å². The summed E-state index contributed by atoms with van der Waals surface area (Å²) in [6.07, 6.45) is 1.18. The molecule has 9 heteroatoms. The quantitative estimate of drug-likeness (QED) is 0.415. The highest BCUT2D eigenvalue weighted by atomic mass is 35.5. The van der Waals surface area contributed by atoms with Crippen molar-refractivity contribution >= 4 is 33.6 Å². The lowest BCUT2D eigenvalue weighted by Crippen LogP contribution is -2.09. The van der Waals surface area contributed by atoms with Gasteiger partial charge in [0.25, 0.3) is 0 Å². The van der Waals surface area contributed by atoms with Crippen LogP contribution >= 0.6 is 11.6 Å². The second-order valence-electron chi connectivity index (χ2n) is 6.22. The zero-order valence-electron chi connectivity index (χ0n) is 14.9. The van der Waals surface area contributed by atoms with Crippen LogP contribution in [0.5, 0.6) is 11.5 Å². The van der Waals surface area contributed by atoms with E-state index in [0.717, 1.165) is 24.3 Å². The molecule has 0 amide bonds. The number of Topliss-reactive ketones (excluding diaryl/α,β-unsaturated/α-hetero) is 1. The molecule has 0 spiro atoms. The molecular formula is C21H11ClF2O5S. The van der Waals surface area contributed by atoms with E-state index in [0.29, 0.717) is 0 Å². The number of ether oxygens (including phenoxy) is 1. The third-order valence-corrected chi connectivity index (χ3v) is 5.82. The fourth-order valence-corrected chi connectivity index (χ4v) is 3.92. The number of benzene rings is 3. The molecule has 30 heavy (non-hydrogen) atoms. The third-order valence-electron chi connectivity index (χ3n) is 4.22. The van der Waals surface area contributed by atoms with E-state index in [-0.39, 0.29) is 38.3 Å². The standard InChI is InChI=1S/C21H11ClF2O5S/c22-17-2-1-3-18(24)16(17)11-20-21(25)15-9-6-13(10-19(15)28-20)29-30(26,27)14-7-4-12(23)5-8-14/h1-11H/b20-11-. The first-order chi connectivity index (χ1) is 14.2. The molecule has 0 N–H and O–H groups in total. The Balaban J connectivity index is 1.62. The maximum atomic E-state index is 14.0. The molecule has 0 unspecified atom stereocenters. The molecule has 0 aliphatic carbocycles. The van der Waals surface area contributed by atoms with Crippen molar-refractivity contribution in [1.29, 1.82) is 0 Å². The topological polar surface area (TPSA) is 69.7 Å². The number of rotatable bonds is 4. The van der Waals surface area contributed by atoms with Crippen molar-refractivity contribution in [3.8, 4) is 11.5 Å². The molecule has 152 valence electrons. The van der Waals surface area contributed by atoms with Crippen LogP contribution in [0, 0.1) is 11.6 Å². The van der Waals surface area contributed by atoms with Gasteiger partial charge in [-0.3, -0.25) is 4.79 Å². The molecule has 0 fully saturated rings. The molecule has 1 aliphatic heterocycles. The lowest BCUT2D eigenvalue weighted by Gasteiger charge is -2.08. The van der Waals surface area contributed by atoms with E-state index in [1.165, 1.54) is 42.5 Å².